The highest BCUT2D eigenvalue weighted by Gasteiger charge is 2.68. The first kappa shape index (κ1) is 35.3. The second-order valence-electron chi connectivity index (χ2n) is 12.7. The van der Waals surface area contributed by atoms with Crippen LogP contribution in [0.15, 0.2) is 0 Å². The van der Waals surface area contributed by atoms with E-state index < -0.39 is 13.1 Å². The van der Waals surface area contributed by atoms with E-state index in [1.807, 2.05) is 0 Å². The molecule has 3 N–H and O–H groups in total. The van der Waals surface area contributed by atoms with E-state index in [1.54, 1.807) is 0 Å². The summed E-state index contributed by atoms with van der Waals surface area (Å²) in [6, 6.07) is 0. The van der Waals surface area contributed by atoms with Gasteiger partial charge in [-0.05, 0) is 44.9 Å². The fourth-order valence-electron chi connectivity index (χ4n) is 7.44. The Hall–Kier alpha value is 0.310. The Bertz CT molecular complexity index is 500. The summed E-state index contributed by atoms with van der Waals surface area (Å²) in [6.07, 6.45) is 33.8. The van der Waals surface area contributed by atoms with E-state index in [-0.39, 0.29) is 5.41 Å². The fraction of sp³-hybridized carbons (Fsp3) is 1.00. The number of hydrogen-bond acceptors (Lipinski definition) is 3. The zero-order chi connectivity index (χ0) is 27.3. The molecule has 1 unspecified atom stereocenters. The van der Waals surface area contributed by atoms with Crippen LogP contribution in [0.4, 0.5) is 0 Å². The zero-order valence-electron chi connectivity index (χ0n) is 25.6. The maximum absolute atomic E-state index is 11.1. The summed E-state index contributed by atoms with van der Waals surface area (Å²) in [5.74, 6) is 0. The molecule has 0 aromatic heterocycles. The first-order valence-corrected chi connectivity index (χ1v) is 18.6. The Labute approximate surface area is 233 Å². The van der Waals surface area contributed by atoms with E-state index in [4.69, 9.17) is 0 Å². The van der Waals surface area contributed by atoms with Crippen LogP contribution in [0.1, 0.15) is 201 Å². The molecule has 1 aliphatic carbocycles. The van der Waals surface area contributed by atoms with Gasteiger partial charge in [-0.25, -0.2) is 0 Å². The summed E-state index contributed by atoms with van der Waals surface area (Å²) < 4.78 is 0. The van der Waals surface area contributed by atoms with Crippen molar-refractivity contribution in [2.45, 2.75) is 206 Å². The second kappa shape index (κ2) is 21.1. The van der Waals surface area contributed by atoms with E-state index in [0.717, 1.165) is 51.4 Å². The standard InChI is InChI=1S/C33H68O3P/c1-4-7-10-13-16-19-22-27-32(28-23-20-17-14-11-8-5-2)29-25-26-31-33(32,37(34,35)36)30-24-21-18-15-12-9-6-3/h34-36H,4-31H2,1-3H3/q+1. The maximum atomic E-state index is 11.1. The van der Waals surface area contributed by atoms with Crippen LogP contribution in [0.3, 0.4) is 0 Å². The van der Waals surface area contributed by atoms with E-state index >= 15 is 0 Å². The summed E-state index contributed by atoms with van der Waals surface area (Å²) in [4.78, 5) is 33.4. The minimum Gasteiger partial charge on any atom is -0.192 e. The molecule has 1 rings (SSSR count). The largest absolute Gasteiger partial charge is 0.410 e. The second-order valence-corrected chi connectivity index (χ2v) is 14.7. The quantitative estimate of drug-likeness (QED) is 0.0792. The van der Waals surface area contributed by atoms with Gasteiger partial charge in [-0.3, -0.25) is 0 Å². The number of unbranched alkanes of at least 4 members (excludes halogenated alkanes) is 18. The lowest BCUT2D eigenvalue weighted by Crippen LogP contribution is -2.52. The summed E-state index contributed by atoms with van der Waals surface area (Å²) >= 11 is 0. The van der Waals surface area contributed by atoms with Crippen LogP contribution in [0.25, 0.3) is 0 Å². The van der Waals surface area contributed by atoms with Crippen LogP contribution in [0.5, 0.6) is 0 Å². The van der Waals surface area contributed by atoms with E-state index in [0.29, 0.717) is 0 Å². The van der Waals surface area contributed by atoms with Crippen LogP contribution in [0, 0.1) is 5.41 Å². The highest BCUT2D eigenvalue weighted by Crippen LogP contribution is 2.74. The fourth-order valence-corrected chi connectivity index (χ4v) is 9.33. The van der Waals surface area contributed by atoms with Crippen molar-refractivity contribution >= 4 is 7.94 Å². The van der Waals surface area contributed by atoms with Gasteiger partial charge in [-0.2, -0.15) is 14.7 Å². The Morgan fingerprint density at radius 2 is 0.757 bits per heavy atom. The molecule has 4 heteroatoms. The lowest BCUT2D eigenvalue weighted by Gasteiger charge is -2.52. The van der Waals surface area contributed by atoms with Crippen molar-refractivity contribution in [3.63, 3.8) is 0 Å². The summed E-state index contributed by atoms with van der Waals surface area (Å²) in [5, 5.41) is -0.661. The third-order valence-corrected chi connectivity index (χ3v) is 11.8. The van der Waals surface area contributed by atoms with Crippen LogP contribution < -0.4 is 0 Å². The van der Waals surface area contributed by atoms with Crippen LogP contribution >= 0.6 is 7.94 Å². The molecule has 0 aliphatic heterocycles. The van der Waals surface area contributed by atoms with Gasteiger partial charge in [0.1, 0.15) is 0 Å². The molecule has 37 heavy (non-hydrogen) atoms. The number of rotatable bonds is 25. The smallest absolute Gasteiger partial charge is 0.192 e. The Balaban J connectivity index is 2.88. The normalized spacial score (nSPS) is 19.9. The average Bonchev–Trinajstić information content (AvgIpc) is 2.87. The SMILES string of the molecule is CCCCCCCCCC1(CCCCCCCCC)CCCCC1(CCCCCCCCC)[P+](O)(O)O. The van der Waals surface area contributed by atoms with Crippen molar-refractivity contribution in [1.29, 1.82) is 0 Å². The van der Waals surface area contributed by atoms with Crippen LogP contribution in [-0.2, 0) is 0 Å². The maximum Gasteiger partial charge on any atom is 0.410 e. The summed E-state index contributed by atoms with van der Waals surface area (Å²) in [5.41, 5.74) is -0.0909. The molecule has 1 aliphatic rings. The topological polar surface area (TPSA) is 60.7 Å². The van der Waals surface area contributed by atoms with Gasteiger partial charge in [-0.1, -0.05) is 156 Å². The highest BCUT2D eigenvalue weighted by molar-refractivity contribution is 7.60. The number of hydrogen-bond donors (Lipinski definition) is 3. The predicted molar refractivity (Wildman–Crippen MR) is 165 cm³/mol. The molecule has 0 bridgehead atoms. The van der Waals surface area contributed by atoms with Gasteiger partial charge in [-0.15, -0.1) is 0 Å². The first-order valence-electron chi connectivity index (χ1n) is 17.0. The zero-order valence-corrected chi connectivity index (χ0v) is 26.5. The molecular formula is C33H68O3P+. The van der Waals surface area contributed by atoms with Gasteiger partial charge >= 0.3 is 7.94 Å². The summed E-state index contributed by atoms with van der Waals surface area (Å²) in [6.45, 7) is 6.81. The third kappa shape index (κ3) is 13.0. The van der Waals surface area contributed by atoms with Gasteiger partial charge in [0.05, 0.1) is 0 Å². The lowest BCUT2D eigenvalue weighted by molar-refractivity contribution is 0.0503. The molecule has 1 fully saturated rings. The lowest BCUT2D eigenvalue weighted by atomic mass is 9.59. The van der Waals surface area contributed by atoms with Crippen molar-refractivity contribution in [3.05, 3.63) is 0 Å². The Morgan fingerprint density at radius 1 is 0.432 bits per heavy atom. The highest BCUT2D eigenvalue weighted by atomic mass is 31.2. The molecule has 0 spiro atoms. The third-order valence-electron chi connectivity index (χ3n) is 9.77. The van der Waals surface area contributed by atoms with Gasteiger partial charge in [0, 0.05) is 5.41 Å². The minimum atomic E-state index is -3.95. The van der Waals surface area contributed by atoms with Gasteiger partial charge in [0.25, 0.3) is 0 Å². The van der Waals surface area contributed by atoms with Crippen molar-refractivity contribution in [2.75, 3.05) is 0 Å². The van der Waals surface area contributed by atoms with Crippen molar-refractivity contribution in [1.82, 2.24) is 0 Å². The molecule has 0 saturated heterocycles. The molecule has 3 nitrogen and oxygen atoms in total. The van der Waals surface area contributed by atoms with Crippen molar-refractivity contribution < 1.29 is 14.7 Å². The van der Waals surface area contributed by atoms with Gasteiger partial charge in [0.2, 0.25) is 0 Å². The first-order chi connectivity index (χ1) is 17.9. The van der Waals surface area contributed by atoms with Crippen LogP contribution in [-0.4, -0.2) is 19.8 Å². The Morgan fingerprint density at radius 3 is 1.14 bits per heavy atom. The molecule has 0 aromatic rings. The molecular weight excluding hydrogens is 475 g/mol. The van der Waals surface area contributed by atoms with Crippen molar-refractivity contribution in [3.8, 4) is 0 Å². The van der Waals surface area contributed by atoms with Crippen LogP contribution in [0.2, 0.25) is 0 Å². The predicted octanol–water partition coefficient (Wildman–Crippen LogP) is 11.4. The van der Waals surface area contributed by atoms with Gasteiger partial charge in [0.15, 0.2) is 5.16 Å². The minimum absolute atomic E-state index is 0.0909. The van der Waals surface area contributed by atoms with E-state index in [9.17, 15) is 14.7 Å². The monoisotopic (exact) mass is 543 g/mol. The van der Waals surface area contributed by atoms with Crippen molar-refractivity contribution in [2.24, 2.45) is 5.41 Å². The van der Waals surface area contributed by atoms with Gasteiger partial charge < -0.3 is 0 Å². The van der Waals surface area contributed by atoms with E-state index in [2.05, 4.69) is 20.8 Å². The Kier molecular flexibility index (Phi) is 20.2. The molecule has 0 aromatic carbocycles. The molecule has 1 saturated carbocycles. The molecule has 0 amide bonds. The molecule has 1 atom stereocenters. The summed E-state index contributed by atoms with van der Waals surface area (Å²) in [7, 11) is -3.95. The van der Waals surface area contributed by atoms with E-state index in [1.165, 1.54) is 128 Å². The molecule has 222 valence electrons. The molecule has 0 radical (unpaired) electrons. The molecule has 0 heterocycles. The average molecular weight is 544 g/mol.